The zero-order chi connectivity index (χ0) is 25.7. The average molecular weight is 506 g/mol. The normalized spacial score (nSPS) is 18.3. The van der Waals surface area contributed by atoms with Gasteiger partial charge in [0.1, 0.15) is 5.82 Å². The van der Waals surface area contributed by atoms with Crippen LogP contribution in [0, 0.1) is 0 Å². The third-order valence-corrected chi connectivity index (χ3v) is 5.82. The van der Waals surface area contributed by atoms with Gasteiger partial charge >= 0.3 is 6.18 Å². The second-order valence-corrected chi connectivity index (χ2v) is 8.99. The van der Waals surface area contributed by atoms with Crippen molar-refractivity contribution in [1.82, 2.24) is 20.6 Å². The third-order valence-electron chi connectivity index (χ3n) is 5.82. The number of hydrogen-bond donors (Lipinski definition) is 3. The highest BCUT2D eigenvalue weighted by Gasteiger charge is 2.50. The van der Waals surface area contributed by atoms with Crippen LogP contribution >= 0.6 is 0 Å². The summed E-state index contributed by atoms with van der Waals surface area (Å²) in [5, 5.41) is 4.92. The fraction of sp³-hybridized carbons (Fsp3) is 0.609. The van der Waals surface area contributed by atoms with E-state index in [4.69, 9.17) is 0 Å². The zero-order valence-corrected chi connectivity index (χ0v) is 19.0. The maximum atomic E-state index is 13.6. The molecular formula is C23H28F6N4O2. The van der Waals surface area contributed by atoms with Gasteiger partial charge in [0.2, 0.25) is 11.8 Å². The summed E-state index contributed by atoms with van der Waals surface area (Å²) in [7, 11) is 0. The highest BCUT2D eigenvalue weighted by Crippen LogP contribution is 2.39. The van der Waals surface area contributed by atoms with Gasteiger partial charge in [-0.05, 0) is 43.4 Å². The largest absolute Gasteiger partial charge is 0.389 e. The molecule has 35 heavy (non-hydrogen) atoms. The number of aromatic nitrogens is 2. The molecule has 0 radical (unpaired) electrons. The van der Waals surface area contributed by atoms with Crippen molar-refractivity contribution in [2.45, 2.75) is 88.6 Å². The maximum Gasteiger partial charge on any atom is 0.389 e. The number of rotatable bonds is 7. The van der Waals surface area contributed by atoms with Crippen molar-refractivity contribution in [3.05, 3.63) is 29.6 Å². The Labute approximate surface area is 198 Å². The van der Waals surface area contributed by atoms with E-state index >= 15 is 0 Å². The predicted octanol–water partition coefficient (Wildman–Crippen LogP) is 5.23. The molecular weight excluding hydrogens is 478 g/mol. The number of halogens is 6. The standard InChI is InChI=1S/C17H18F4N4O2.C6H10F2/c18-16(5-6-16)15(27)23-9-13-24-11-2-1-10(7-12(11)25-13)8-22-14(26)3-4-17(19,20)21;7-6(8)4-2-1-3-5-6/h1-2,7H,3-6,8-9H2,(H,22,26)(H,23,27)(H,24,25);1-5H2. The Bertz CT molecular complexity index is 1020. The summed E-state index contributed by atoms with van der Waals surface area (Å²) >= 11 is 0. The lowest BCUT2D eigenvalue weighted by molar-refractivity contribution is -0.144. The molecule has 0 aliphatic heterocycles. The first kappa shape index (κ1) is 26.8. The van der Waals surface area contributed by atoms with Crippen LogP contribution in [0.2, 0.25) is 0 Å². The van der Waals surface area contributed by atoms with Crippen molar-refractivity contribution >= 4 is 22.8 Å². The van der Waals surface area contributed by atoms with Gasteiger partial charge in [-0.25, -0.2) is 18.2 Å². The number of aromatic amines is 1. The molecule has 0 atom stereocenters. The van der Waals surface area contributed by atoms with Crippen LogP contribution in [0.3, 0.4) is 0 Å². The Hall–Kier alpha value is -2.79. The average Bonchev–Trinajstić information content (AvgIpc) is 3.40. The fourth-order valence-electron chi connectivity index (χ4n) is 3.58. The Kier molecular flexibility index (Phi) is 8.32. The van der Waals surface area contributed by atoms with E-state index in [1.165, 1.54) is 0 Å². The van der Waals surface area contributed by atoms with E-state index in [2.05, 4.69) is 20.6 Å². The van der Waals surface area contributed by atoms with Crippen molar-refractivity contribution < 1.29 is 35.9 Å². The van der Waals surface area contributed by atoms with E-state index < -0.39 is 42.4 Å². The van der Waals surface area contributed by atoms with Gasteiger partial charge in [-0.1, -0.05) is 12.5 Å². The Balaban J connectivity index is 0.000000363. The molecule has 0 unspecified atom stereocenters. The molecule has 6 nitrogen and oxygen atoms in total. The topological polar surface area (TPSA) is 86.9 Å². The number of imidazole rings is 1. The number of hydrogen-bond acceptors (Lipinski definition) is 3. The molecule has 2 fully saturated rings. The second-order valence-electron chi connectivity index (χ2n) is 8.99. The highest BCUT2D eigenvalue weighted by molar-refractivity contribution is 5.87. The number of H-pyrrole nitrogens is 1. The lowest BCUT2D eigenvalue weighted by Gasteiger charge is -2.20. The minimum absolute atomic E-state index is 0.0582. The first-order valence-electron chi connectivity index (χ1n) is 11.5. The summed E-state index contributed by atoms with van der Waals surface area (Å²) in [4.78, 5) is 30.3. The van der Waals surface area contributed by atoms with Crippen LogP contribution in [0.15, 0.2) is 18.2 Å². The lowest BCUT2D eigenvalue weighted by atomic mass is 9.97. The van der Waals surface area contributed by atoms with Crippen molar-refractivity contribution in [3.8, 4) is 0 Å². The Morgan fingerprint density at radius 2 is 1.66 bits per heavy atom. The number of alkyl halides is 6. The van der Waals surface area contributed by atoms with E-state index in [1.54, 1.807) is 18.2 Å². The maximum absolute atomic E-state index is 13.6. The van der Waals surface area contributed by atoms with Gasteiger partial charge in [0, 0.05) is 25.8 Å². The number of nitrogens with zero attached hydrogens (tertiary/aromatic N) is 1. The monoisotopic (exact) mass is 506 g/mol. The number of carbonyl (C=O) groups is 2. The summed E-state index contributed by atoms with van der Waals surface area (Å²) in [6.07, 6.45) is -3.01. The van der Waals surface area contributed by atoms with Gasteiger partial charge in [0.25, 0.3) is 5.91 Å². The van der Waals surface area contributed by atoms with E-state index in [1.807, 2.05) is 0 Å². The number of fused-ring (bicyclic) bond motifs is 1. The van der Waals surface area contributed by atoms with E-state index in [-0.39, 0.29) is 38.8 Å². The van der Waals surface area contributed by atoms with Gasteiger partial charge in [0.15, 0.2) is 5.67 Å². The third kappa shape index (κ3) is 8.74. The molecule has 1 aromatic heterocycles. The first-order valence-corrected chi connectivity index (χ1v) is 11.5. The molecule has 2 aliphatic carbocycles. The van der Waals surface area contributed by atoms with Crippen LogP contribution in [-0.4, -0.2) is 39.5 Å². The molecule has 0 bridgehead atoms. The predicted molar refractivity (Wildman–Crippen MR) is 116 cm³/mol. The number of carbonyl (C=O) groups excluding carboxylic acids is 2. The molecule has 0 saturated heterocycles. The van der Waals surface area contributed by atoms with E-state index in [9.17, 15) is 35.9 Å². The van der Waals surface area contributed by atoms with Crippen LogP contribution < -0.4 is 10.6 Å². The van der Waals surface area contributed by atoms with Crippen LogP contribution in [0.1, 0.15) is 69.2 Å². The van der Waals surface area contributed by atoms with Gasteiger partial charge < -0.3 is 15.6 Å². The van der Waals surface area contributed by atoms with Gasteiger partial charge in [0.05, 0.1) is 24.0 Å². The summed E-state index contributed by atoms with van der Waals surface area (Å²) in [6.45, 7) is 0.144. The molecule has 1 aromatic carbocycles. The van der Waals surface area contributed by atoms with Crippen molar-refractivity contribution in [1.29, 1.82) is 0 Å². The molecule has 2 saturated carbocycles. The SMILES string of the molecule is FC1(F)CCCCC1.O=C(CCC(F)(F)F)NCc1ccc2nc(CNC(=O)C3(F)CC3)[nH]c2c1. The molecule has 2 aliphatic rings. The quantitative estimate of drug-likeness (QED) is 0.450. The number of amides is 2. The minimum atomic E-state index is -4.36. The number of nitrogens with one attached hydrogen (secondary N) is 3. The van der Waals surface area contributed by atoms with Crippen molar-refractivity contribution in [2.24, 2.45) is 0 Å². The van der Waals surface area contributed by atoms with E-state index in [0.29, 0.717) is 35.3 Å². The molecule has 2 aromatic rings. The van der Waals surface area contributed by atoms with Crippen molar-refractivity contribution in [2.75, 3.05) is 0 Å². The van der Waals surface area contributed by atoms with Crippen LogP contribution in [0.25, 0.3) is 11.0 Å². The minimum Gasteiger partial charge on any atom is -0.352 e. The molecule has 194 valence electrons. The second kappa shape index (κ2) is 10.9. The highest BCUT2D eigenvalue weighted by atomic mass is 19.4. The first-order chi connectivity index (χ1) is 16.4. The van der Waals surface area contributed by atoms with Crippen molar-refractivity contribution in [3.63, 3.8) is 0 Å². The Morgan fingerprint density at radius 1 is 0.971 bits per heavy atom. The summed E-state index contributed by atoms with van der Waals surface area (Å²) in [6, 6.07) is 5.08. The van der Waals surface area contributed by atoms with Gasteiger partial charge in [-0.15, -0.1) is 0 Å². The van der Waals surface area contributed by atoms with Crippen LogP contribution in [-0.2, 0) is 22.7 Å². The summed E-state index contributed by atoms with van der Waals surface area (Å²) in [5.41, 5.74) is 0.196. The van der Waals surface area contributed by atoms with Gasteiger partial charge in [-0.2, -0.15) is 13.2 Å². The Morgan fingerprint density at radius 3 is 2.23 bits per heavy atom. The molecule has 12 heteroatoms. The zero-order valence-electron chi connectivity index (χ0n) is 19.0. The molecule has 3 N–H and O–H groups in total. The summed E-state index contributed by atoms with van der Waals surface area (Å²) in [5.74, 6) is -3.20. The molecule has 4 rings (SSSR count). The molecule has 2 amide bonds. The molecule has 1 heterocycles. The van der Waals surface area contributed by atoms with Crippen LogP contribution in [0.5, 0.6) is 0 Å². The fourth-order valence-corrected chi connectivity index (χ4v) is 3.58. The van der Waals surface area contributed by atoms with Gasteiger partial charge in [-0.3, -0.25) is 9.59 Å². The lowest BCUT2D eigenvalue weighted by Crippen LogP contribution is -2.33. The van der Waals surface area contributed by atoms with Crippen LogP contribution in [0.4, 0.5) is 26.3 Å². The summed E-state index contributed by atoms with van der Waals surface area (Å²) < 4.78 is 74.3. The molecule has 0 spiro atoms. The number of benzene rings is 1. The van der Waals surface area contributed by atoms with E-state index in [0.717, 1.165) is 6.42 Å². The smallest absolute Gasteiger partial charge is 0.352 e.